The largest absolute Gasteiger partial charge is 0.489 e. The van der Waals surface area contributed by atoms with Gasteiger partial charge in [-0.25, -0.2) is 0 Å². The second kappa shape index (κ2) is 8.85. The van der Waals surface area contributed by atoms with Crippen LogP contribution in [0.4, 0.5) is 0 Å². The Labute approximate surface area is 205 Å². The molecule has 1 atom stereocenters. The minimum atomic E-state index is -0.547. The summed E-state index contributed by atoms with van der Waals surface area (Å²) in [7, 11) is 0. The van der Waals surface area contributed by atoms with Crippen molar-refractivity contribution in [1.29, 1.82) is 5.26 Å². The third kappa shape index (κ3) is 4.43. The summed E-state index contributed by atoms with van der Waals surface area (Å²) in [6.45, 7) is 10.4. The first-order valence-electron chi connectivity index (χ1n) is 11.3. The highest BCUT2D eigenvalue weighted by molar-refractivity contribution is 6.30. The number of hydrogen-bond acceptors (Lipinski definition) is 5. The summed E-state index contributed by atoms with van der Waals surface area (Å²) in [4.78, 5) is 13.3. The molecular weight excluding hydrogens is 448 g/mol. The van der Waals surface area contributed by atoms with Crippen LogP contribution in [0.2, 0.25) is 5.02 Å². The molecule has 0 fully saturated rings. The van der Waals surface area contributed by atoms with Crippen LogP contribution in [-0.2, 0) is 16.1 Å². The number of carbonyl (C=O) groups is 1. The number of hydrogen-bond donors (Lipinski definition) is 1. The SMILES string of the molecule is Cc1cc(C)c([C@H]2C(C#N)=C(N)OC3=C2C(=O)CC(C)(C)C3)cc1COc1ccc(Cl)cc1C. The third-order valence-electron chi connectivity index (χ3n) is 6.63. The van der Waals surface area contributed by atoms with Gasteiger partial charge < -0.3 is 15.2 Å². The van der Waals surface area contributed by atoms with Crippen LogP contribution in [0.25, 0.3) is 0 Å². The van der Waals surface area contributed by atoms with Crippen LogP contribution in [0.3, 0.4) is 0 Å². The van der Waals surface area contributed by atoms with E-state index in [-0.39, 0.29) is 22.7 Å². The lowest BCUT2D eigenvalue weighted by molar-refractivity contribution is -0.119. The Balaban J connectivity index is 1.77. The molecule has 0 radical (unpaired) electrons. The van der Waals surface area contributed by atoms with Crippen molar-refractivity contribution >= 4 is 17.4 Å². The van der Waals surface area contributed by atoms with E-state index in [4.69, 9.17) is 26.8 Å². The number of halogens is 1. The van der Waals surface area contributed by atoms with Crippen LogP contribution in [0.1, 0.15) is 60.4 Å². The number of ketones is 1. The van der Waals surface area contributed by atoms with Gasteiger partial charge in [0.05, 0.1) is 5.92 Å². The summed E-state index contributed by atoms with van der Waals surface area (Å²) in [5.74, 6) is 0.872. The van der Waals surface area contributed by atoms with Gasteiger partial charge in [-0.15, -0.1) is 0 Å². The normalized spacial score (nSPS) is 19.4. The molecule has 6 heteroatoms. The van der Waals surface area contributed by atoms with Crippen molar-refractivity contribution in [3.8, 4) is 11.8 Å². The number of rotatable bonds is 4. The number of nitriles is 1. The molecule has 0 saturated heterocycles. The zero-order valence-corrected chi connectivity index (χ0v) is 21.0. The summed E-state index contributed by atoms with van der Waals surface area (Å²) >= 11 is 6.07. The van der Waals surface area contributed by atoms with E-state index in [1.807, 2.05) is 52.8 Å². The molecule has 1 aliphatic heterocycles. The molecule has 5 nitrogen and oxygen atoms in total. The first-order valence-corrected chi connectivity index (χ1v) is 11.7. The first kappa shape index (κ1) is 23.9. The predicted octanol–water partition coefficient (Wildman–Crippen LogP) is 6.30. The lowest BCUT2D eigenvalue weighted by Gasteiger charge is -2.37. The second-order valence-electron chi connectivity index (χ2n) is 10.0. The Kier molecular flexibility index (Phi) is 6.22. The highest BCUT2D eigenvalue weighted by Crippen LogP contribution is 2.48. The lowest BCUT2D eigenvalue weighted by Crippen LogP contribution is -2.33. The molecule has 4 rings (SSSR count). The number of allylic oxidation sites excluding steroid dienone is 3. The minimum absolute atomic E-state index is 0.00561. The van der Waals surface area contributed by atoms with Crippen molar-refractivity contribution in [3.05, 3.63) is 86.0 Å². The van der Waals surface area contributed by atoms with Crippen molar-refractivity contribution in [3.63, 3.8) is 0 Å². The average molecular weight is 477 g/mol. The third-order valence-corrected chi connectivity index (χ3v) is 6.87. The second-order valence-corrected chi connectivity index (χ2v) is 10.5. The van der Waals surface area contributed by atoms with Gasteiger partial charge in [0.1, 0.15) is 29.8 Å². The molecule has 1 heterocycles. The van der Waals surface area contributed by atoms with E-state index < -0.39 is 5.92 Å². The lowest BCUT2D eigenvalue weighted by atomic mass is 9.69. The Morgan fingerprint density at radius 3 is 2.56 bits per heavy atom. The number of carbonyl (C=O) groups excluding carboxylic acids is 1. The standard InChI is InChI=1S/C28H29ClN2O3/c1-15-8-16(2)20(10-18(15)14-33-23-7-6-19(29)9-17(23)3)25-21(13-30)27(31)34-24-12-28(4,5)11-22(32)26(24)25/h6-10,25H,11-12,14,31H2,1-5H3/t25-/m0/s1. The maximum atomic E-state index is 13.3. The van der Waals surface area contributed by atoms with E-state index in [2.05, 4.69) is 12.1 Å². The monoisotopic (exact) mass is 476 g/mol. The van der Waals surface area contributed by atoms with E-state index in [1.165, 1.54) is 0 Å². The summed E-state index contributed by atoms with van der Waals surface area (Å²) in [5, 5.41) is 10.6. The number of Topliss-reactive ketones (excluding diaryl/α,β-unsaturated/α-hetero) is 1. The molecule has 2 N–H and O–H groups in total. The molecule has 0 saturated carbocycles. The molecule has 0 unspecified atom stereocenters. The maximum Gasteiger partial charge on any atom is 0.205 e. The molecule has 176 valence electrons. The average Bonchev–Trinajstić information content (AvgIpc) is 2.72. The van der Waals surface area contributed by atoms with Crippen LogP contribution in [0.5, 0.6) is 5.75 Å². The molecule has 0 spiro atoms. The van der Waals surface area contributed by atoms with Crippen molar-refractivity contribution < 1.29 is 14.3 Å². The first-order chi connectivity index (χ1) is 16.0. The van der Waals surface area contributed by atoms with Gasteiger partial charge in [0.25, 0.3) is 0 Å². The molecule has 0 aromatic heterocycles. The quantitative estimate of drug-likeness (QED) is 0.560. The van der Waals surface area contributed by atoms with Crippen LogP contribution in [-0.4, -0.2) is 5.78 Å². The van der Waals surface area contributed by atoms with Crippen molar-refractivity contribution in [2.45, 2.75) is 60.0 Å². The fourth-order valence-corrected chi connectivity index (χ4v) is 5.14. The van der Waals surface area contributed by atoms with Gasteiger partial charge in [0, 0.05) is 23.4 Å². The van der Waals surface area contributed by atoms with Crippen LogP contribution in [0.15, 0.2) is 53.1 Å². The Morgan fingerprint density at radius 1 is 1.15 bits per heavy atom. The van der Waals surface area contributed by atoms with Gasteiger partial charge >= 0.3 is 0 Å². The van der Waals surface area contributed by atoms with E-state index >= 15 is 0 Å². The predicted molar refractivity (Wildman–Crippen MR) is 132 cm³/mol. The minimum Gasteiger partial charge on any atom is -0.489 e. The van der Waals surface area contributed by atoms with Gasteiger partial charge in [-0.3, -0.25) is 4.79 Å². The molecule has 2 aromatic rings. The Hall–Kier alpha value is -3.23. The van der Waals surface area contributed by atoms with Crippen LogP contribution in [0, 0.1) is 37.5 Å². The number of aryl methyl sites for hydroxylation is 3. The van der Waals surface area contributed by atoms with Crippen molar-refractivity contribution in [2.24, 2.45) is 11.1 Å². The zero-order chi connectivity index (χ0) is 24.8. The smallest absolute Gasteiger partial charge is 0.205 e. The highest BCUT2D eigenvalue weighted by atomic mass is 35.5. The van der Waals surface area contributed by atoms with E-state index in [0.717, 1.165) is 33.6 Å². The highest BCUT2D eigenvalue weighted by Gasteiger charge is 2.43. The Morgan fingerprint density at radius 2 is 1.88 bits per heavy atom. The number of nitrogens with zero attached hydrogens (tertiary/aromatic N) is 1. The summed E-state index contributed by atoms with van der Waals surface area (Å²) < 4.78 is 11.9. The zero-order valence-electron chi connectivity index (χ0n) is 20.2. The fraction of sp³-hybridized carbons (Fsp3) is 0.357. The molecule has 1 aliphatic carbocycles. The number of ether oxygens (including phenoxy) is 2. The van der Waals surface area contributed by atoms with E-state index in [0.29, 0.717) is 35.8 Å². The Bertz CT molecular complexity index is 1300. The van der Waals surface area contributed by atoms with Gasteiger partial charge in [-0.05, 0) is 72.2 Å². The number of benzene rings is 2. The molecule has 2 aliphatic rings. The molecule has 0 amide bonds. The molecule has 0 bridgehead atoms. The molecule has 34 heavy (non-hydrogen) atoms. The topological polar surface area (TPSA) is 85.3 Å². The van der Waals surface area contributed by atoms with Gasteiger partial charge in [0.2, 0.25) is 5.88 Å². The van der Waals surface area contributed by atoms with Crippen molar-refractivity contribution in [1.82, 2.24) is 0 Å². The van der Waals surface area contributed by atoms with Crippen molar-refractivity contribution in [2.75, 3.05) is 0 Å². The summed E-state index contributed by atoms with van der Waals surface area (Å²) in [6, 6.07) is 11.8. The fourth-order valence-electron chi connectivity index (χ4n) is 4.91. The maximum absolute atomic E-state index is 13.3. The van der Waals surface area contributed by atoms with E-state index in [9.17, 15) is 10.1 Å². The summed E-state index contributed by atoms with van der Waals surface area (Å²) in [5.41, 5.74) is 11.7. The molecular formula is C28H29ClN2O3. The molecule has 2 aromatic carbocycles. The van der Waals surface area contributed by atoms with Gasteiger partial charge in [-0.2, -0.15) is 5.26 Å². The van der Waals surface area contributed by atoms with Crippen LogP contribution < -0.4 is 10.5 Å². The summed E-state index contributed by atoms with van der Waals surface area (Å²) in [6.07, 6.45) is 1.00. The van der Waals surface area contributed by atoms with Crippen LogP contribution >= 0.6 is 11.6 Å². The van der Waals surface area contributed by atoms with Gasteiger partial charge in [-0.1, -0.05) is 37.6 Å². The number of nitrogens with two attached hydrogens (primary N) is 1. The van der Waals surface area contributed by atoms with Gasteiger partial charge in [0.15, 0.2) is 5.78 Å². The van der Waals surface area contributed by atoms with E-state index in [1.54, 1.807) is 6.07 Å².